The Morgan fingerprint density at radius 3 is 2.61 bits per heavy atom. The molecule has 0 radical (unpaired) electrons. The average Bonchev–Trinajstić information content (AvgIpc) is 3.13. The van der Waals surface area contributed by atoms with Crippen LogP contribution >= 0.6 is 23.2 Å². The largest absolute Gasteiger partial charge is 0.342 e. The fourth-order valence-electron chi connectivity index (χ4n) is 3.51. The van der Waals surface area contributed by atoms with Gasteiger partial charge in [-0.05, 0) is 42.0 Å². The molecule has 0 atom stereocenters. The first-order chi connectivity index (χ1) is 15.9. The van der Waals surface area contributed by atoms with Crippen LogP contribution in [0.4, 0.5) is 5.69 Å². The molecule has 0 spiro atoms. The smallest absolute Gasteiger partial charge is 0.271 e. The van der Waals surface area contributed by atoms with E-state index in [9.17, 15) is 9.59 Å². The summed E-state index contributed by atoms with van der Waals surface area (Å²) in [6.07, 6.45) is 3.59. The molecule has 0 aliphatic heterocycles. The predicted octanol–water partition coefficient (Wildman–Crippen LogP) is 5.72. The van der Waals surface area contributed by atoms with Crippen molar-refractivity contribution in [2.75, 3.05) is 5.32 Å². The van der Waals surface area contributed by atoms with Gasteiger partial charge in [-0.15, -0.1) is 0 Å². The Hall–Kier alpha value is -3.61. The molecule has 1 aromatic heterocycles. The van der Waals surface area contributed by atoms with Gasteiger partial charge < -0.3 is 9.88 Å². The lowest BCUT2D eigenvalue weighted by Crippen LogP contribution is -2.18. The number of benzene rings is 3. The number of para-hydroxylation sites is 1. The van der Waals surface area contributed by atoms with Gasteiger partial charge in [0, 0.05) is 47.4 Å². The molecule has 0 fully saturated rings. The van der Waals surface area contributed by atoms with Crippen molar-refractivity contribution < 1.29 is 9.59 Å². The number of carbonyl (C=O) groups is 2. The highest BCUT2D eigenvalue weighted by molar-refractivity contribution is 6.42. The molecular formula is C25H20Cl2N4O2. The number of anilines is 1. The van der Waals surface area contributed by atoms with Crippen LogP contribution in [0.1, 0.15) is 28.4 Å². The van der Waals surface area contributed by atoms with E-state index in [0.29, 0.717) is 27.8 Å². The van der Waals surface area contributed by atoms with Gasteiger partial charge in [0.15, 0.2) is 0 Å². The van der Waals surface area contributed by atoms with E-state index in [0.717, 1.165) is 22.0 Å². The lowest BCUT2D eigenvalue weighted by Gasteiger charge is -2.06. The first-order valence-corrected chi connectivity index (χ1v) is 10.9. The molecule has 0 unspecified atom stereocenters. The minimum Gasteiger partial charge on any atom is -0.342 e. The molecule has 3 aromatic carbocycles. The second-order valence-corrected chi connectivity index (χ2v) is 8.25. The Morgan fingerprint density at radius 2 is 1.82 bits per heavy atom. The average molecular weight is 479 g/mol. The van der Waals surface area contributed by atoms with Crippen molar-refractivity contribution >= 4 is 57.8 Å². The van der Waals surface area contributed by atoms with Crippen LogP contribution in [0.3, 0.4) is 0 Å². The third-order valence-electron chi connectivity index (χ3n) is 4.97. The quantitative estimate of drug-likeness (QED) is 0.274. The summed E-state index contributed by atoms with van der Waals surface area (Å²) in [5.74, 6) is -0.583. The number of amides is 2. The van der Waals surface area contributed by atoms with Gasteiger partial charge in [0.1, 0.15) is 0 Å². The Bertz CT molecular complexity index is 1380. The van der Waals surface area contributed by atoms with Crippen LogP contribution in [-0.4, -0.2) is 22.6 Å². The topological polar surface area (TPSA) is 75.5 Å². The summed E-state index contributed by atoms with van der Waals surface area (Å²) < 4.78 is 2.09. The molecule has 1 heterocycles. The molecule has 2 N–H and O–H groups in total. The zero-order valence-corrected chi connectivity index (χ0v) is 19.2. The Balaban J connectivity index is 1.53. The maximum absolute atomic E-state index is 12.5. The first-order valence-electron chi connectivity index (χ1n) is 10.1. The first kappa shape index (κ1) is 22.6. The lowest BCUT2D eigenvalue weighted by atomic mass is 10.2. The molecule has 166 valence electrons. The molecule has 33 heavy (non-hydrogen) atoms. The van der Waals surface area contributed by atoms with E-state index in [4.69, 9.17) is 23.2 Å². The number of nitrogens with zero attached hydrogens (tertiary/aromatic N) is 2. The SMILES string of the molecule is CC(=O)Nc1cccc(C(=O)NN=Cc2cn(Cc3ccc(Cl)c(Cl)c3)c3ccccc23)c1. The highest BCUT2D eigenvalue weighted by Gasteiger charge is 2.09. The molecule has 0 aliphatic carbocycles. The summed E-state index contributed by atoms with van der Waals surface area (Å²) in [6, 6.07) is 20.2. The van der Waals surface area contributed by atoms with Crippen molar-refractivity contribution in [2.45, 2.75) is 13.5 Å². The van der Waals surface area contributed by atoms with E-state index >= 15 is 0 Å². The zero-order valence-electron chi connectivity index (χ0n) is 17.7. The van der Waals surface area contributed by atoms with Gasteiger partial charge in [-0.2, -0.15) is 5.10 Å². The van der Waals surface area contributed by atoms with Gasteiger partial charge in [0.25, 0.3) is 5.91 Å². The molecule has 0 aliphatic rings. The number of nitrogens with one attached hydrogen (secondary N) is 2. The standard InChI is InChI=1S/C25H20Cl2N4O2/c1-16(32)29-20-6-4-5-18(12-20)25(33)30-28-13-19-15-31(24-8-3-2-7-21(19)24)14-17-9-10-22(26)23(27)11-17/h2-13,15H,14H2,1H3,(H,29,32)(H,30,33). The monoisotopic (exact) mass is 478 g/mol. The maximum atomic E-state index is 12.5. The van der Waals surface area contributed by atoms with Gasteiger partial charge in [-0.25, -0.2) is 5.43 Å². The minimum absolute atomic E-state index is 0.206. The molecule has 4 rings (SSSR count). The number of hydrogen-bond donors (Lipinski definition) is 2. The Labute approximate surface area is 200 Å². The molecule has 0 saturated carbocycles. The van der Waals surface area contributed by atoms with E-state index in [1.54, 1.807) is 36.5 Å². The maximum Gasteiger partial charge on any atom is 0.271 e. The molecular weight excluding hydrogens is 459 g/mol. The second-order valence-electron chi connectivity index (χ2n) is 7.44. The van der Waals surface area contributed by atoms with Gasteiger partial charge in [0.05, 0.1) is 16.3 Å². The molecule has 4 aromatic rings. The van der Waals surface area contributed by atoms with E-state index in [2.05, 4.69) is 20.4 Å². The van der Waals surface area contributed by atoms with Crippen LogP contribution in [0.25, 0.3) is 10.9 Å². The highest BCUT2D eigenvalue weighted by Crippen LogP contribution is 2.25. The van der Waals surface area contributed by atoms with Gasteiger partial charge in [0.2, 0.25) is 5.91 Å². The van der Waals surface area contributed by atoms with Crippen LogP contribution < -0.4 is 10.7 Å². The molecule has 0 saturated heterocycles. The normalized spacial score (nSPS) is 11.1. The summed E-state index contributed by atoms with van der Waals surface area (Å²) >= 11 is 12.2. The summed E-state index contributed by atoms with van der Waals surface area (Å²) in [5.41, 5.74) is 6.38. The van der Waals surface area contributed by atoms with E-state index in [1.807, 2.05) is 42.6 Å². The van der Waals surface area contributed by atoms with Gasteiger partial charge in [-0.3, -0.25) is 9.59 Å². The summed E-state index contributed by atoms with van der Waals surface area (Å²) in [5, 5.41) is 8.83. The second kappa shape index (κ2) is 9.90. The fraction of sp³-hybridized carbons (Fsp3) is 0.0800. The van der Waals surface area contributed by atoms with Crippen molar-refractivity contribution in [3.05, 3.63) is 99.7 Å². The van der Waals surface area contributed by atoms with Gasteiger partial charge in [-0.1, -0.05) is 53.5 Å². The molecule has 0 bridgehead atoms. The molecule has 8 heteroatoms. The predicted molar refractivity (Wildman–Crippen MR) is 133 cm³/mol. The number of hydrazone groups is 1. The molecule has 2 amide bonds. The van der Waals surface area contributed by atoms with Crippen LogP contribution in [0, 0.1) is 0 Å². The molecule has 6 nitrogen and oxygen atoms in total. The van der Waals surface area contributed by atoms with Crippen molar-refractivity contribution in [1.29, 1.82) is 0 Å². The summed E-state index contributed by atoms with van der Waals surface area (Å²) in [7, 11) is 0. The number of fused-ring (bicyclic) bond motifs is 1. The van der Waals surface area contributed by atoms with Crippen LogP contribution in [0.2, 0.25) is 10.0 Å². The third-order valence-corrected chi connectivity index (χ3v) is 5.71. The van der Waals surface area contributed by atoms with E-state index in [-0.39, 0.29) is 11.8 Å². The Morgan fingerprint density at radius 1 is 1.00 bits per heavy atom. The van der Waals surface area contributed by atoms with Crippen LogP contribution in [-0.2, 0) is 11.3 Å². The number of halogens is 2. The number of rotatable bonds is 6. The number of carbonyl (C=O) groups excluding carboxylic acids is 2. The number of hydrogen-bond acceptors (Lipinski definition) is 3. The summed E-state index contributed by atoms with van der Waals surface area (Å²) in [6.45, 7) is 2.02. The van der Waals surface area contributed by atoms with E-state index < -0.39 is 0 Å². The highest BCUT2D eigenvalue weighted by atomic mass is 35.5. The van der Waals surface area contributed by atoms with Crippen molar-refractivity contribution in [1.82, 2.24) is 9.99 Å². The Kier molecular flexibility index (Phi) is 6.77. The van der Waals surface area contributed by atoms with Gasteiger partial charge >= 0.3 is 0 Å². The van der Waals surface area contributed by atoms with E-state index in [1.165, 1.54) is 6.92 Å². The van der Waals surface area contributed by atoms with Crippen LogP contribution in [0.5, 0.6) is 0 Å². The fourth-order valence-corrected chi connectivity index (χ4v) is 3.83. The zero-order chi connectivity index (χ0) is 23.4. The van der Waals surface area contributed by atoms with Crippen molar-refractivity contribution in [3.8, 4) is 0 Å². The third kappa shape index (κ3) is 5.42. The van der Waals surface area contributed by atoms with Crippen molar-refractivity contribution in [3.63, 3.8) is 0 Å². The minimum atomic E-state index is -0.377. The van der Waals surface area contributed by atoms with Crippen LogP contribution in [0.15, 0.2) is 78.0 Å². The number of aromatic nitrogens is 1. The summed E-state index contributed by atoms with van der Waals surface area (Å²) in [4.78, 5) is 23.7. The van der Waals surface area contributed by atoms with Crippen molar-refractivity contribution in [2.24, 2.45) is 5.10 Å². The lowest BCUT2D eigenvalue weighted by molar-refractivity contribution is -0.114.